The summed E-state index contributed by atoms with van der Waals surface area (Å²) in [4.78, 5) is 0. The van der Waals surface area contributed by atoms with Crippen LogP contribution < -0.4 is 9.47 Å². The average molecular weight is 320 g/mol. The van der Waals surface area contributed by atoms with Crippen LogP contribution in [0.2, 0.25) is 0 Å². The predicted octanol–water partition coefficient (Wildman–Crippen LogP) is 3.76. The van der Waals surface area contributed by atoms with Crippen LogP contribution in [0.1, 0.15) is 35.6 Å². The molecule has 2 aromatic rings. The van der Waals surface area contributed by atoms with Gasteiger partial charge in [-0.3, -0.25) is 5.01 Å². The monoisotopic (exact) mass is 320 g/mol. The highest BCUT2D eigenvalue weighted by atomic mass is 16.7. The van der Waals surface area contributed by atoms with Gasteiger partial charge in [0.05, 0.1) is 11.8 Å². The van der Waals surface area contributed by atoms with Gasteiger partial charge in [-0.1, -0.05) is 30.3 Å². The molecule has 1 aliphatic carbocycles. The molecule has 2 aromatic carbocycles. The summed E-state index contributed by atoms with van der Waals surface area (Å²) >= 11 is 0. The first-order valence-electron chi connectivity index (χ1n) is 8.60. The molecule has 2 atom stereocenters. The van der Waals surface area contributed by atoms with Gasteiger partial charge in [-0.25, -0.2) is 0 Å². The number of hydrazone groups is 1. The molecule has 0 radical (unpaired) electrons. The largest absolute Gasteiger partial charge is 0.454 e. The van der Waals surface area contributed by atoms with Crippen molar-refractivity contribution in [3.8, 4) is 11.5 Å². The third kappa shape index (κ3) is 2.02. The number of hydrogen-bond acceptors (Lipinski definition) is 4. The highest BCUT2D eigenvalue weighted by molar-refractivity contribution is 6.05. The first kappa shape index (κ1) is 13.9. The molecule has 0 unspecified atom stereocenters. The van der Waals surface area contributed by atoms with Crippen molar-refractivity contribution in [1.82, 2.24) is 5.01 Å². The van der Waals surface area contributed by atoms with Crippen molar-refractivity contribution in [1.29, 1.82) is 0 Å². The summed E-state index contributed by atoms with van der Waals surface area (Å²) in [6.45, 7) is 0.317. The number of fused-ring (bicyclic) bond motifs is 4. The summed E-state index contributed by atoms with van der Waals surface area (Å²) in [7, 11) is 2.08. The Kier molecular flexibility index (Phi) is 3.05. The summed E-state index contributed by atoms with van der Waals surface area (Å²) in [5, 5.41) is 7.07. The smallest absolute Gasteiger partial charge is 0.231 e. The van der Waals surface area contributed by atoms with Crippen molar-refractivity contribution in [2.45, 2.75) is 25.3 Å². The number of nitrogens with zero attached hydrogens (tertiary/aromatic N) is 2. The fourth-order valence-electron chi connectivity index (χ4n) is 4.31. The van der Waals surface area contributed by atoms with Crippen LogP contribution in [0.4, 0.5) is 0 Å². The van der Waals surface area contributed by atoms with Crippen LogP contribution in [0.25, 0.3) is 0 Å². The number of benzene rings is 2. The summed E-state index contributed by atoms with van der Waals surface area (Å²) in [5.41, 5.74) is 5.26. The van der Waals surface area contributed by atoms with Gasteiger partial charge in [-0.15, -0.1) is 0 Å². The molecule has 24 heavy (non-hydrogen) atoms. The van der Waals surface area contributed by atoms with Gasteiger partial charge in [-0.05, 0) is 42.5 Å². The topological polar surface area (TPSA) is 34.1 Å². The molecule has 2 aliphatic heterocycles. The first-order valence-corrected chi connectivity index (χ1v) is 8.60. The molecule has 0 aromatic heterocycles. The van der Waals surface area contributed by atoms with E-state index in [0.717, 1.165) is 24.3 Å². The van der Waals surface area contributed by atoms with Crippen LogP contribution in [0.5, 0.6) is 11.5 Å². The maximum Gasteiger partial charge on any atom is 0.231 e. The molecule has 3 aliphatic rings. The normalized spacial score (nSPS) is 24.2. The Morgan fingerprint density at radius 1 is 1.08 bits per heavy atom. The van der Waals surface area contributed by atoms with Crippen molar-refractivity contribution in [3.63, 3.8) is 0 Å². The zero-order valence-corrected chi connectivity index (χ0v) is 13.7. The SMILES string of the molecule is CN1N=C2c3ccccc3CCC[C@H]2[C@H]1c1ccc2c(c1)OCO2. The van der Waals surface area contributed by atoms with Crippen molar-refractivity contribution in [2.75, 3.05) is 13.8 Å². The van der Waals surface area contributed by atoms with Crippen molar-refractivity contribution < 1.29 is 9.47 Å². The van der Waals surface area contributed by atoms with Crippen LogP contribution >= 0.6 is 0 Å². The highest BCUT2D eigenvalue weighted by Gasteiger charge is 2.39. The van der Waals surface area contributed by atoms with Crippen LogP contribution in [-0.2, 0) is 6.42 Å². The third-order valence-electron chi connectivity index (χ3n) is 5.39. The summed E-state index contributed by atoms with van der Waals surface area (Å²) in [6.07, 6.45) is 3.51. The Bertz CT molecular complexity index is 830. The molecule has 0 saturated carbocycles. The van der Waals surface area contributed by atoms with Gasteiger partial charge in [0.1, 0.15) is 0 Å². The van der Waals surface area contributed by atoms with Crippen molar-refractivity contribution in [2.24, 2.45) is 11.0 Å². The van der Waals surface area contributed by atoms with Gasteiger partial charge in [-0.2, -0.15) is 5.10 Å². The minimum Gasteiger partial charge on any atom is -0.454 e. The lowest BCUT2D eigenvalue weighted by molar-refractivity contribution is 0.173. The van der Waals surface area contributed by atoms with Gasteiger partial charge in [0.2, 0.25) is 6.79 Å². The summed E-state index contributed by atoms with van der Waals surface area (Å²) in [5.74, 6) is 2.12. The van der Waals surface area contributed by atoms with Crippen molar-refractivity contribution >= 4 is 5.71 Å². The van der Waals surface area contributed by atoms with E-state index in [1.54, 1.807) is 0 Å². The predicted molar refractivity (Wildman–Crippen MR) is 92.5 cm³/mol. The second-order valence-corrected chi connectivity index (χ2v) is 6.77. The Hall–Kier alpha value is -2.49. The summed E-state index contributed by atoms with van der Waals surface area (Å²) in [6, 6.07) is 15.3. The Morgan fingerprint density at radius 2 is 1.96 bits per heavy atom. The molecule has 0 fully saturated rings. The van der Waals surface area contributed by atoms with E-state index in [1.165, 1.54) is 28.8 Å². The molecule has 0 N–H and O–H groups in total. The van der Waals surface area contributed by atoms with E-state index in [0.29, 0.717) is 12.7 Å². The number of rotatable bonds is 1. The average Bonchev–Trinajstić information content (AvgIpc) is 3.14. The van der Waals surface area contributed by atoms with Gasteiger partial charge < -0.3 is 9.47 Å². The highest BCUT2D eigenvalue weighted by Crippen LogP contribution is 2.44. The van der Waals surface area contributed by atoms with Gasteiger partial charge >= 0.3 is 0 Å². The van der Waals surface area contributed by atoms with Gasteiger partial charge in [0, 0.05) is 18.5 Å². The molecular formula is C20H20N2O2. The van der Waals surface area contributed by atoms with Crippen molar-refractivity contribution in [3.05, 3.63) is 59.2 Å². The standard InChI is InChI=1S/C20H20N2O2/c1-22-20(14-9-10-17-18(11-14)24-12-23-17)16-8-4-6-13-5-2-3-7-15(13)19(16)21-22/h2-3,5,7,9-11,16,20H,4,6,8,12H2,1H3/t16-,20-/m1/s1. The lowest BCUT2D eigenvalue weighted by Gasteiger charge is -2.25. The van der Waals surface area contributed by atoms with Crippen LogP contribution in [0.15, 0.2) is 47.6 Å². The molecule has 5 rings (SSSR count). The zero-order valence-electron chi connectivity index (χ0n) is 13.7. The third-order valence-corrected chi connectivity index (χ3v) is 5.39. The van der Waals surface area contributed by atoms with Gasteiger partial charge in [0.15, 0.2) is 11.5 Å². The fourth-order valence-corrected chi connectivity index (χ4v) is 4.31. The Morgan fingerprint density at radius 3 is 2.92 bits per heavy atom. The van der Waals surface area contributed by atoms with Gasteiger partial charge in [0.25, 0.3) is 0 Å². The lowest BCUT2D eigenvalue weighted by atomic mass is 9.85. The van der Waals surface area contributed by atoms with E-state index in [9.17, 15) is 0 Å². The molecule has 4 heteroatoms. The summed E-state index contributed by atoms with van der Waals surface area (Å²) < 4.78 is 11.0. The molecule has 0 amide bonds. The van der Waals surface area contributed by atoms with E-state index in [2.05, 4.69) is 48.5 Å². The number of aryl methyl sites for hydroxylation is 1. The first-order chi connectivity index (χ1) is 11.8. The Labute approximate surface area is 141 Å². The molecule has 2 heterocycles. The molecule has 0 saturated heterocycles. The van der Waals surface area contributed by atoms with Crippen LogP contribution in [0.3, 0.4) is 0 Å². The van der Waals surface area contributed by atoms with E-state index in [1.807, 2.05) is 6.07 Å². The quantitative estimate of drug-likeness (QED) is 0.802. The number of ether oxygens (including phenoxy) is 2. The number of hydrogen-bond donors (Lipinski definition) is 0. The molecule has 0 spiro atoms. The lowest BCUT2D eigenvalue weighted by Crippen LogP contribution is -2.23. The molecule has 4 nitrogen and oxygen atoms in total. The minimum absolute atomic E-state index is 0.264. The second-order valence-electron chi connectivity index (χ2n) is 6.77. The zero-order chi connectivity index (χ0) is 16.1. The molecular weight excluding hydrogens is 300 g/mol. The maximum absolute atomic E-state index is 5.57. The minimum atomic E-state index is 0.264. The second kappa shape index (κ2) is 5.26. The molecule has 122 valence electrons. The van der Waals surface area contributed by atoms with Crippen LogP contribution in [-0.4, -0.2) is 24.6 Å². The maximum atomic E-state index is 5.57. The molecule has 0 bridgehead atoms. The van der Waals surface area contributed by atoms with E-state index in [-0.39, 0.29) is 6.04 Å². The van der Waals surface area contributed by atoms with E-state index >= 15 is 0 Å². The fraction of sp³-hybridized carbons (Fsp3) is 0.350. The van der Waals surface area contributed by atoms with E-state index in [4.69, 9.17) is 14.6 Å². The van der Waals surface area contributed by atoms with E-state index < -0.39 is 0 Å². The van der Waals surface area contributed by atoms with Crippen LogP contribution in [0, 0.1) is 5.92 Å². The Balaban J connectivity index is 1.56.